The second kappa shape index (κ2) is 5.49. The number of ether oxygens (including phenoxy) is 3. The van der Waals surface area contributed by atoms with E-state index >= 15 is 0 Å². The number of hydrogen-bond donors (Lipinski definition) is 1. The molecule has 1 aliphatic rings. The van der Waals surface area contributed by atoms with E-state index in [0.717, 1.165) is 16.7 Å². The number of carbonyl (C=O) groups is 1. The zero-order chi connectivity index (χ0) is 16.7. The molecule has 1 aliphatic heterocycles. The van der Waals surface area contributed by atoms with Gasteiger partial charge in [0.15, 0.2) is 11.5 Å². The quantitative estimate of drug-likeness (QED) is 0.804. The van der Waals surface area contributed by atoms with Crippen LogP contribution in [0, 0.1) is 0 Å². The molecule has 0 atom stereocenters. The van der Waals surface area contributed by atoms with Crippen LogP contribution < -0.4 is 19.5 Å². The molecule has 0 fully saturated rings. The Labute approximate surface area is 138 Å². The van der Waals surface area contributed by atoms with E-state index in [1.165, 1.54) is 0 Å². The molecule has 0 saturated heterocycles. The first-order valence-electron chi connectivity index (χ1n) is 7.51. The Balaban J connectivity index is 1.67. The van der Waals surface area contributed by atoms with Crippen LogP contribution >= 0.6 is 0 Å². The van der Waals surface area contributed by atoms with Crippen molar-refractivity contribution in [3.63, 3.8) is 0 Å². The summed E-state index contributed by atoms with van der Waals surface area (Å²) in [7, 11) is 3.47. The van der Waals surface area contributed by atoms with Crippen LogP contribution in [0.3, 0.4) is 0 Å². The summed E-state index contributed by atoms with van der Waals surface area (Å²) in [5.74, 6) is 1.85. The number of amides is 1. The average Bonchev–Trinajstić information content (AvgIpc) is 3.19. The number of aromatic nitrogens is 1. The second-order valence-corrected chi connectivity index (χ2v) is 5.51. The standard InChI is InChI=1S/C18H16N2O4/c1-20-13(8-11-4-3-5-15(22-2)17(11)20)18(21)19-12-6-7-14-16(9-12)24-10-23-14/h3-9H,10H2,1-2H3,(H,19,21). The molecule has 1 amide bonds. The zero-order valence-corrected chi connectivity index (χ0v) is 13.3. The van der Waals surface area contributed by atoms with Gasteiger partial charge in [-0.05, 0) is 24.3 Å². The maximum Gasteiger partial charge on any atom is 0.272 e. The first-order chi connectivity index (χ1) is 11.7. The van der Waals surface area contributed by atoms with E-state index in [1.807, 2.05) is 35.9 Å². The van der Waals surface area contributed by atoms with Gasteiger partial charge in [0.1, 0.15) is 11.4 Å². The molecular weight excluding hydrogens is 308 g/mol. The number of nitrogens with one attached hydrogen (secondary N) is 1. The van der Waals surface area contributed by atoms with Crippen molar-refractivity contribution < 1.29 is 19.0 Å². The SMILES string of the molecule is COc1cccc2cc(C(=O)Nc3ccc4c(c3)OCO4)n(C)c12. The van der Waals surface area contributed by atoms with Gasteiger partial charge < -0.3 is 24.1 Å². The highest BCUT2D eigenvalue weighted by Gasteiger charge is 2.18. The Morgan fingerprint density at radius 1 is 1.17 bits per heavy atom. The summed E-state index contributed by atoms with van der Waals surface area (Å²) in [6.07, 6.45) is 0. The van der Waals surface area contributed by atoms with Gasteiger partial charge in [0, 0.05) is 24.2 Å². The number of carbonyl (C=O) groups excluding carboxylic acids is 1. The molecule has 24 heavy (non-hydrogen) atoms. The Morgan fingerprint density at radius 2 is 2.00 bits per heavy atom. The molecular formula is C18H16N2O4. The van der Waals surface area contributed by atoms with Gasteiger partial charge in [-0.3, -0.25) is 4.79 Å². The van der Waals surface area contributed by atoms with E-state index in [4.69, 9.17) is 14.2 Å². The van der Waals surface area contributed by atoms with E-state index < -0.39 is 0 Å². The first kappa shape index (κ1) is 14.4. The molecule has 6 heteroatoms. The molecule has 0 unspecified atom stereocenters. The molecule has 2 aromatic carbocycles. The summed E-state index contributed by atoms with van der Waals surface area (Å²) >= 11 is 0. The van der Waals surface area contributed by atoms with Crippen molar-refractivity contribution in [1.82, 2.24) is 4.57 Å². The lowest BCUT2D eigenvalue weighted by Gasteiger charge is -2.08. The Kier molecular flexibility index (Phi) is 3.30. The molecule has 122 valence electrons. The minimum Gasteiger partial charge on any atom is -0.495 e. The normalized spacial score (nSPS) is 12.4. The summed E-state index contributed by atoms with van der Waals surface area (Å²) < 4.78 is 17.8. The van der Waals surface area contributed by atoms with Crippen LogP contribution in [0.1, 0.15) is 10.5 Å². The summed E-state index contributed by atoms with van der Waals surface area (Å²) in [4.78, 5) is 12.7. The van der Waals surface area contributed by atoms with Crippen molar-refractivity contribution in [2.75, 3.05) is 19.2 Å². The minimum absolute atomic E-state index is 0.199. The molecule has 1 aromatic heterocycles. The van der Waals surface area contributed by atoms with Crippen molar-refractivity contribution >= 4 is 22.5 Å². The summed E-state index contributed by atoms with van der Waals surface area (Å²) in [6.45, 7) is 0.204. The third kappa shape index (κ3) is 2.23. The summed E-state index contributed by atoms with van der Waals surface area (Å²) in [5.41, 5.74) is 2.09. The number of aryl methyl sites for hydroxylation is 1. The number of methoxy groups -OCH3 is 1. The smallest absolute Gasteiger partial charge is 0.272 e. The van der Waals surface area contributed by atoms with Crippen LogP contribution in [0.4, 0.5) is 5.69 Å². The van der Waals surface area contributed by atoms with Crippen LogP contribution in [0.15, 0.2) is 42.5 Å². The minimum atomic E-state index is -0.199. The maximum absolute atomic E-state index is 12.7. The highest BCUT2D eigenvalue weighted by Crippen LogP contribution is 2.34. The number of nitrogens with zero attached hydrogens (tertiary/aromatic N) is 1. The summed E-state index contributed by atoms with van der Waals surface area (Å²) in [6, 6.07) is 12.9. The molecule has 0 bridgehead atoms. The van der Waals surface area contributed by atoms with E-state index in [0.29, 0.717) is 22.9 Å². The van der Waals surface area contributed by atoms with Crippen LogP contribution in [-0.4, -0.2) is 24.4 Å². The molecule has 1 N–H and O–H groups in total. The predicted octanol–water partition coefficient (Wildman–Crippen LogP) is 3.17. The first-order valence-corrected chi connectivity index (χ1v) is 7.51. The van der Waals surface area contributed by atoms with Crippen molar-refractivity contribution in [2.24, 2.45) is 7.05 Å². The van der Waals surface area contributed by atoms with E-state index in [9.17, 15) is 4.79 Å². The lowest BCUT2D eigenvalue weighted by Crippen LogP contribution is -2.15. The number of rotatable bonds is 3. The van der Waals surface area contributed by atoms with Crippen LogP contribution in [0.25, 0.3) is 10.9 Å². The Morgan fingerprint density at radius 3 is 2.83 bits per heavy atom. The molecule has 4 rings (SSSR count). The van der Waals surface area contributed by atoms with Gasteiger partial charge in [0.05, 0.1) is 12.6 Å². The van der Waals surface area contributed by atoms with Crippen molar-refractivity contribution in [3.05, 3.63) is 48.2 Å². The molecule has 0 spiro atoms. The van der Waals surface area contributed by atoms with Gasteiger partial charge in [-0.15, -0.1) is 0 Å². The number of hydrogen-bond acceptors (Lipinski definition) is 4. The van der Waals surface area contributed by atoms with Gasteiger partial charge >= 0.3 is 0 Å². The number of anilines is 1. The van der Waals surface area contributed by atoms with Gasteiger partial charge in [-0.2, -0.15) is 0 Å². The van der Waals surface area contributed by atoms with Crippen molar-refractivity contribution in [3.8, 4) is 17.2 Å². The van der Waals surface area contributed by atoms with Gasteiger partial charge in [-0.25, -0.2) is 0 Å². The maximum atomic E-state index is 12.7. The average molecular weight is 324 g/mol. The van der Waals surface area contributed by atoms with Gasteiger partial charge in [-0.1, -0.05) is 12.1 Å². The predicted molar refractivity (Wildman–Crippen MR) is 90.0 cm³/mol. The fourth-order valence-corrected chi connectivity index (χ4v) is 2.93. The van der Waals surface area contributed by atoms with Crippen LogP contribution in [-0.2, 0) is 7.05 Å². The second-order valence-electron chi connectivity index (χ2n) is 5.51. The molecule has 3 aromatic rings. The van der Waals surface area contributed by atoms with Crippen LogP contribution in [0.5, 0.6) is 17.2 Å². The largest absolute Gasteiger partial charge is 0.495 e. The molecule has 0 radical (unpaired) electrons. The van der Waals surface area contributed by atoms with Gasteiger partial charge in [0.2, 0.25) is 6.79 Å². The Hall–Kier alpha value is -3.15. The third-order valence-electron chi connectivity index (χ3n) is 4.10. The molecule has 0 saturated carbocycles. The fourth-order valence-electron chi connectivity index (χ4n) is 2.93. The van der Waals surface area contributed by atoms with E-state index in [2.05, 4.69) is 5.32 Å². The lowest BCUT2D eigenvalue weighted by molar-refractivity contribution is 0.101. The highest BCUT2D eigenvalue weighted by atomic mass is 16.7. The summed E-state index contributed by atoms with van der Waals surface area (Å²) in [5, 5.41) is 3.84. The molecule has 2 heterocycles. The lowest BCUT2D eigenvalue weighted by atomic mass is 10.2. The number of benzene rings is 2. The van der Waals surface area contributed by atoms with Crippen LogP contribution in [0.2, 0.25) is 0 Å². The number of fused-ring (bicyclic) bond motifs is 2. The zero-order valence-electron chi connectivity index (χ0n) is 13.3. The molecule has 6 nitrogen and oxygen atoms in total. The fraction of sp³-hybridized carbons (Fsp3) is 0.167. The monoisotopic (exact) mass is 324 g/mol. The third-order valence-corrected chi connectivity index (χ3v) is 4.10. The topological polar surface area (TPSA) is 61.7 Å². The van der Waals surface area contributed by atoms with Crippen molar-refractivity contribution in [1.29, 1.82) is 0 Å². The van der Waals surface area contributed by atoms with E-state index in [1.54, 1.807) is 25.3 Å². The van der Waals surface area contributed by atoms with Crippen molar-refractivity contribution in [2.45, 2.75) is 0 Å². The number of para-hydroxylation sites is 1. The van der Waals surface area contributed by atoms with E-state index in [-0.39, 0.29) is 12.7 Å². The Bertz CT molecular complexity index is 946. The molecule has 0 aliphatic carbocycles. The van der Waals surface area contributed by atoms with Gasteiger partial charge in [0.25, 0.3) is 5.91 Å². The highest BCUT2D eigenvalue weighted by molar-refractivity contribution is 6.07.